The zero-order valence-electron chi connectivity index (χ0n) is 19.0. The summed E-state index contributed by atoms with van der Waals surface area (Å²) in [6, 6.07) is 33.9. The molecule has 0 spiro atoms. The van der Waals surface area contributed by atoms with Crippen LogP contribution in [0, 0.1) is 0 Å². The summed E-state index contributed by atoms with van der Waals surface area (Å²) in [5.74, 6) is 0.358. The first-order valence-corrected chi connectivity index (χ1v) is 12.5. The predicted octanol–water partition coefficient (Wildman–Crippen LogP) is 8.44. The highest BCUT2D eigenvalue weighted by Gasteiger charge is 2.33. The van der Waals surface area contributed by atoms with E-state index in [0.717, 1.165) is 42.8 Å². The number of thiophene rings is 1. The van der Waals surface area contributed by atoms with Gasteiger partial charge in [-0.05, 0) is 46.2 Å². The fourth-order valence-corrected chi connectivity index (χ4v) is 5.77. The minimum absolute atomic E-state index is 0.209. The van der Waals surface area contributed by atoms with Gasteiger partial charge in [0.15, 0.2) is 11.6 Å². The third kappa shape index (κ3) is 3.35. The number of fused-ring (bicyclic) bond motifs is 3. The summed E-state index contributed by atoms with van der Waals surface area (Å²) in [6.45, 7) is 0. The first kappa shape index (κ1) is 20.8. The van der Waals surface area contributed by atoms with E-state index in [2.05, 4.69) is 36.4 Å². The standard InChI is InChI=1S/C32H18O3S/c33-31-25-14-22-8-4-5-9-23(22)15-26(25)32(34)27(31)16-24-17-29-30(36-24)18-28(35-29)21-12-10-20(11-13-21)19-6-2-1-3-7-19/h1-18H. The molecule has 0 atom stereocenters. The van der Waals surface area contributed by atoms with Crippen LogP contribution in [0.15, 0.2) is 113 Å². The van der Waals surface area contributed by atoms with Gasteiger partial charge < -0.3 is 4.42 Å². The third-order valence-electron chi connectivity index (χ3n) is 6.65. The van der Waals surface area contributed by atoms with Crippen LogP contribution in [0.25, 0.3) is 49.6 Å². The Morgan fingerprint density at radius 2 is 1.19 bits per heavy atom. The van der Waals surface area contributed by atoms with E-state index in [1.165, 1.54) is 16.9 Å². The molecule has 4 aromatic carbocycles. The Bertz CT molecular complexity index is 1760. The van der Waals surface area contributed by atoms with Gasteiger partial charge in [-0.1, -0.05) is 78.9 Å². The maximum absolute atomic E-state index is 13.1. The maximum atomic E-state index is 13.1. The lowest BCUT2D eigenvalue weighted by Crippen LogP contribution is -1.99. The molecule has 0 unspecified atom stereocenters. The van der Waals surface area contributed by atoms with E-state index in [9.17, 15) is 9.59 Å². The Morgan fingerprint density at radius 3 is 1.83 bits per heavy atom. The number of furan rings is 1. The van der Waals surface area contributed by atoms with Crippen LogP contribution in [0.5, 0.6) is 0 Å². The van der Waals surface area contributed by atoms with Gasteiger partial charge in [0.05, 0.1) is 10.3 Å². The molecule has 36 heavy (non-hydrogen) atoms. The van der Waals surface area contributed by atoms with Crippen LogP contribution < -0.4 is 0 Å². The Labute approximate surface area is 210 Å². The lowest BCUT2D eigenvalue weighted by molar-refractivity contribution is 0.0990. The smallest absolute Gasteiger partial charge is 0.197 e. The average molecular weight is 483 g/mol. The van der Waals surface area contributed by atoms with Crippen molar-refractivity contribution in [2.24, 2.45) is 0 Å². The van der Waals surface area contributed by atoms with E-state index in [1.54, 1.807) is 6.08 Å². The summed E-state index contributed by atoms with van der Waals surface area (Å²) in [5, 5.41) is 1.91. The van der Waals surface area contributed by atoms with Crippen molar-refractivity contribution in [2.45, 2.75) is 0 Å². The van der Waals surface area contributed by atoms with E-state index in [0.29, 0.717) is 11.1 Å². The number of allylic oxidation sites excluding steroid dienone is 1. The van der Waals surface area contributed by atoms with E-state index in [-0.39, 0.29) is 17.1 Å². The van der Waals surface area contributed by atoms with Crippen LogP contribution >= 0.6 is 11.3 Å². The normalized spacial score (nSPS) is 13.1. The number of carbonyl (C=O) groups is 2. The molecular formula is C32H18O3S. The fourth-order valence-electron chi connectivity index (χ4n) is 4.81. The second-order valence-corrected chi connectivity index (χ2v) is 10.0. The first-order valence-electron chi connectivity index (χ1n) is 11.7. The molecule has 0 N–H and O–H groups in total. The fraction of sp³-hybridized carbons (Fsp3) is 0. The quantitative estimate of drug-likeness (QED) is 0.188. The van der Waals surface area contributed by atoms with Crippen LogP contribution in [0.3, 0.4) is 0 Å². The van der Waals surface area contributed by atoms with Gasteiger partial charge in [0.25, 0.3) is 0 Å². The Kier molecular flexibility index (Phi) is 4.63. The summed E-state index contributed by atoms with van der Waals surface area (Å²) in [5.41, 5.74) is 5.24. The highest BCUT2D eigenvalue weighted by molar-refractivity contribution is 7.19. The van der Waals surface area contributed by atoms with Gasteiger partial charge in [-0.25, -0.2) is 0 Å². The first-order chi connectivity index (χ1) is 17.6. The van der Waals surface area contributed by atoms with Crippen molar-refractivity contribution >= 4 is 50.0 Å². The van der Waals surface area contributed by atoms with Crippen molar-refractivity contribution in [2.75, 3.05) is 0 Å². The van der Waals surface area contributed by atoms with Gasteiger partial charge in [-0.15, -0.1) is 11.3 Å². The molecule has 0 saturated heterocycles. The molecule has 7 rings (SSSR count). The van der Waals surface area contributed by atoms with Crippen molar-refractivity contribution < 1.29 is 14.0 Å². The van der Waals surface area contributed by atoms with Crippen LogP contribution in [0.1, 0.15) is 25.6 Å². The SMILES string of the molecule is O=C1C(=Cc2cc3oc(-c4ccc(-c5ccccc5)cc4)cc3s2)C(=O)c2cc3ccccc3cc21. The van der Waals surface area contributed by atoms with Crippen molar-refractivity contribution in [3.05, 3.63) is 125 Å². The molecule has 1 aliphatic rings. The Balaban J connectivity index is 1.19. The van der Waals surface area contributed by atoms with Crippen LogP contribution in [-0.4, -0.2) is 11.6 Å². The summed E-state index contributed by atoms with van der Waals surface area (Å²) in [4.78, 5) is 27.0. The second-order valence-electron chi connectivity index (χ2n) is 8.89. The number of hydrogen-bond acceptors (Lipinski definition) is 4. The Morgan fingerprint density at radius 1 is 0.611 bits per heavy atom. The molecule has 3 nitrogen and oxygen atoms in total. The van der Waals surface area contributed by atoms with E-state index >= 15 is 0 Å². The average Bonchev–Trinajstić information content (AvgIpc) is 3.56. The van der Waals surface area contributed by atoms with Crippen molar-refractivity contribution in [1.29, 1.82) is 0 Å². The molecular weight excluding hydrogens is 464 g/mol. The van der Waals surface area contributed by atoms with Gasteiger partial charge in [0.1, 0.15) is 11.3 Å². The van der Waals surface area contributed by atoms with Gasteiger partial charge >= 0.3 is 0 Å². The summed E-state index contributed by atoms with van der Waals surface area (Å²) in [6.07, 6.45) is 1.70. The van der Waals surface area contributed by atoms with Crippen LogP contribution in [-0.2, 0) is 0 Å². The largest absolute Gasteiger partial charge is 0.455 e. The predicted molar refractivity (Wildman–Crippen MR) is 146 cm³/mol. The number of rotatable bonds is 3. The molecule has 2 heterocycles. The summed E-state index contributed by atoms with van der Waals surface area (Å²) < 4.78 is 7.10. The second kappa shape index (κ2) is 8.01. The van der Waals surface area contributed by atoms with Gasteiger partial charge in [0.2, 0.25) is 0 Å². The van der Waals surface area contributed by atoms with Gasteiger partial charge in [0, 0.05) is 27.6 Å². The van der Waals surface area contributed by atoms with Crippen molar-refractivity contribution in [1.82, 2.24) is 0 Å². The number of carbonyl (C=O) groups excluding carboxylic acids is 2. The monoisotopic (exact) mass is 482 g/mol. The van der Waals surface area contributed by atoms with Crippen LogP contribution in [0.2, 0.25) is 0 Å². The topological polar surface area (TPSA) is 47.3 Å². The molecule has 0 aliphatic heterocycles. The summed E-state index contributed by atoms with van der Waals surface area (Å²) in [7, 11) is 0. The van der Waals surface area contributed by atoms with Gasteiger partial charge in [-0.3, -0.25) is 9.59 Å². The number of ketones is 2. The zero-order valence-corrected chi connectivity index (χ0v) is 19.8. The van der Waals surface area contributed by atoms with E-state index < -0.39 is 0 Å². The molecule has 170 valence electrons. The number of hydrogen-bond donors (Lipinski definition) is 0. The lowest BCUT2D eigenvalue weighted by Gasteiger charge is -2.02. The molecule has 2 aromatic heterocycles. The third-order valence-corrected chi connectivity index (χ3v) is 7.66. The lowest BCUT2D eigenvalue weighted by atomic mass is 10.0. The molecule has 0 amide bonds. The molecule has 4 heteroatoms. The van der Waals surface area contributed by atoms with E-state index in [1.807, 2.05) is 66.7 Å². The van der Waals surface area contributed by atoms with E-state index in [4.69, 9.17) is 4.42 Å². The molecule has 0 radical (unpaired) electrons. The molecule has 6 aromatic rings. The highest BCUT2D eigenvalue weighted by atomic mass is 32.1. The number of Topliss-reactive ketones (excluding diaryl/α,β-unsaturated/α-hetero) is 2. The van der Waals surface area contributed by atoms with Crippen LogP contribution in [0.4, 0.5) is 0 Å². The Hall–Kier alpha value is -4.54. The van der Waals surface area contributed by atoms with Gasteiger partial charge in [-0.2, -0.15) is 0 Å². The number of benzene rings is 4. The maximum Gasteiger partial charge on any atom is 0.197 e. The molecule has 0 saturated carbocycles. The van der Waals surface area contributed by atoms with Crippen molar-refractivity contribution in [3.63, 3.8) is 0 Å². The molecule has 0 bridgehead atoms. The summed E-state index contributed by atoms with van der Waals surface area (Å²) >= 11 is 1.51. The molecule has 1 aliphatic carbocycles. The highest BCUT2D eigenvalue weighted by Crippen LogP contribution is 2.37. The zero-order chi connectivity index (χ0) is 24.2. The minimum atomic E-state index is -0.218. The molecule has 0 fully saturated rings. The minimum Gasteiger partial charge on any atom is -0.455 e. The van der Waals surface area contributed by atoms with Crippen molar-refractivity contribution in [3.8, 4) is 22.5 Å².